The Bertz CT molecular complexity index is 244. The summed E-state index contributed by atoms with van der Waals surface area (Å²) in [6.07, 6.45) is 0.804. The number of rotatable bonds is 6. The van der Waals surface area contributed by atoms with E-state index in [2.05, 4.69) is 14.1 Å². The van der Waals surface area contributed by atoms with Crippen LogP contribution in [0, 0.1) is 0 Å². The van der Waals surface area contributed by atoms with Crippen LogP contribution in [0.3, 0.4) is 0 Å². The summed E-state index contributed by atoms with van der Waals surface area (Å²) in [5.41, 5.74) is -1.17. The molecule has 0 bridgehead atoms. The van der Waals surface area contributed by atoms with Gasteiger partial charge in [-0.2, -0.15) is 13.1 Å². The number of alkyl halides is 2. The molecule has 0 aliphatic heterocycles. The molecule has 0 saturated heterocycles. The predicted octanol–water partition coefficient (Wildman–Crippen LogP) is -0.481. The number of hydrogen-bond donors (Lipinski definition) is 1. The summed E-state index contributed by atoms with van der Waals surface area (Å²) >= 11 is -0.766. The van der Waals surface area contributed by atoms with Crippen LogP contribution in [-0.4, -0.2) is 28.5 Å². The van der Waals surface area contributed by atoms with Gasteiger partial charge >= 0.3 is 11.2 Å². The van der Waals surface area contributed by atoms with Crippen molar-refractivity contribution in [2.45, 2.75) is 23.7 Å². The summed E-state index contributed by atoms with van der Waals surface area (Å²) in [5, 5.41) is 17.1. The zero-order chi connectivity index (χ0) is 11.5. The van der Waals surface area contributed by atoms with Crippen LogP contribution in [0.5, 0.6) is 0 Å². The zero-order valence-corrected chi connectivity index (χ0v) is 8.09. The van der Waals surface area contributed by atoms with Crippen molar-refractivity contribution >= 4 is 18.0 Å². The first-order valence-electron chi connectivity index (χ1n) is 3.81. The molecule has 0 amide bonds. The molecule has 1 saturated carbocycles. The highest BCUT2D eigenvalue weighted by Crippen LogP contribution is 2.37. The van der Waals surface area contributed by atoms with Crippen LogP contribution in [0.1, 0.15) is 12.8 Å². The van der Waals surface area contributed by atoms with E-state index in [-0.39, 0.29) is 0 Å². The molecule has 0 unspecified atom stereocenters. The van der Waals surface area contributed by atoms with Gasteiger partial charge < -0.3 is 15.1 Å². The van der Waals surface area contributed by atoms with Crippen LogP contribution in [0.4, 0.5) is 8.78 Å². The number of ether oxygens (including phenoxy) is 1. The Morgan fingerprint density at radius 3 is 2.67 bits per heavy atom. The summed E-state index contributed by atoms with van der Waals surface area (Å²) in [4.78, 5) is 10.7. The minimum Gasteiger partial charge on any atom is -0.691 e. The summed E-state index contributed by atoms with van der Waals surface area (Å²) in [7, 11) is 0. The van der Waals surface area contributed by atoms with Gasteiger partial charge in [-0.05, 0) is 12.8 Å². The first kappa shape index (κ1) is 12.6. The van der Waals surface area contributed by atoms with E-state index in [9.17, 15) is 23.9 Å². The quantitative estimate of drug-likeness (QED) is 0.292. The normalized spacial score (nSPS) is 18.7. The minimum atomic E-state index is -4.05. The summed E-state index contributed by atoms with van der Waals surface area (Å²) < 4.78 is 32.8. The standard InChI is InChI=1S/C6H8F2O6S/c7-6(8,15-14-13-11)4(9)12-3-5(10)1-2-5/h10-11H,1-3H2/p-1. The summed E-state index contributed by atoms with van der Waals surface area (Å²) in [5.74, 6) is -1.90. The highest BCUT2D eigenvalue weighted by atomic mass is 32.2. The molecule has 88 valence electrons. The highest BCUT2D eigenvalue weighted by Gasteiger charge is 2.47. The third-order valence-corrected chi connectivity index (χ3v) is 2.20. The van der Waals surface area contributed by atoms with Gasteiger partial charge in [0.15, 0.2) is 0 Å². The van der Waals surface area contributed by atoms with Crippen molar-refractivity contribution in [1.29, 1.82) is 0 Å². The SMILES string of the molecule is O=C(OCC1(O)CC1)C(F)(F)SOO[O-]. The summed E-state index contributed by atoms with van der Waals surface area (Å²) in [6.45, 7) is -0.500. The van der Waals surface area contributed by atoms with Crippen molar-refractivity contribution < 1.29 is 38.0 Å². The molecule has 0 atom stereocenters. The lowest BCUT2D eigenvalue weighted by molar-refractivity contribution is -0.777. The molecule has 0 spiro atoms. The number of aliphatic hydroxyl groups is 1. The first-order valence-corrected chi connectivity index (χ1v) is 4.55. The third kappa shape index (κ3) is 3.87. The van der Waals surface area contributed by atoms with Gasteiger partial charge in [0.2, 0.25) is 0 Å². The Labute approximate surface area is 87.2 Å². The zero-order valence-electron chi connectivity index (χ0n) is 7.27. The van der Waals surface area contributed by atoms with Crippen LogP contribution < -0.4 is 5.26 Å². The van der Waals surface area contributed by atoms with E-state index in [0.29, 0.717) is 12.8 Å². The Hall–Kier alpha value is -0.480. The lowest BCUT2D eigenvalue weighted by Crippen LogP contribution is -2.31. The second-order valence-electron chi connectivity index (χ2n) is 3.04. The van der Waals surface area contributed by atoms with E-state index in [1.54, 1.807) is 0 Å². The Balaban J connectivity index is 2.30. The second kappa shape index (κ2) is 4.58. The third-order valence-electron chi connectivity index (χ3n) is 1.70. The molecule has 1 fully saturated rings. The van der Waals surface area contributed by atoms with E-state index in [1.807, 2.05) is 0 Å². The van der Waals surface area contributed by atoms with Gasteiger partial charge in [0.05, 0.1) is 5.60 Å². The molecule has 0 heterocycles. The molecule has 0 aromatic rings. The maximum Gasteiger partial charge on any atom is 0.415 e. The second-order valence-corrected chi connectivity index (χ2v) is 3.85. The molecule has 1 aliphatic rings. The number of esters is 1. The molecule has 15 heavy (non-hydrogen) atoms. The van der Waals surface area contributed by atoms with Gasteiger partial charge in [-0.3, -0.25) is 5.04 Å². The number of carbonyl (C=O) groups is 1. The molecular weight excluding hydrogens is 238 g/mol. The fourth-order valence-electron chi connectivity index (χ4n) is 0.663. The van der Waals surface area contributed by atoms with Crippen molar-refractivity contribution in [2.75, 3.05) is 6.61 Å². The van der Waals surface area contributed by atoms with Crippen molar-refractivity contribution in [2.24, 2.45) is 0 Å². The molecule has 9 heteroatoms. The summed E-state index contributed by atoms with van der Waals surface area (Å²) in [6, 6.07) is 0. The van der Waals surface area contributed by atoms with Crippen molar-refractivity contribution in [3.05, 3.63) is 0 Å². The van der Waals surface area contributed by atoms with Crippen molar-refractivity contribution in [1.82, 2.24) is 0 Å². The van der Waals surface area contributed by atoms with Crippen LogP contribution in [0.15, 0.2) is 0 Å². The van der Waals surface area contributed by atoms with Gasteiger partial charge in [-0.1, -0.05) is 0 Å². The topological polar surface area (TPSA) is 88.1 Å². The van der Waals surface area contributed by atoms with E-state index >= 15 is 0 Å². The molecule has 1 N–H and O–H groups in total. The molecule has 1 aliphatic carbocycles. The monoisotopic (exact) mass is 245 g/mol. The van der Waals surface area contributed by atoms with E-state index < -0.39 is 35.5 Å². The molecule has 6 nitrogen and oxygen atoms in total. The average Bonchev–Trinajstić information content (AvgIpc) is 2.90. The van der Waals surface area contributed by atoms with Gasteiger partial charge in [-0.15, -0.1) is 0 Å². The number of carbonyl (C=O) groups excluding carboxylic acids is 1. The Morgan fingerprint density at radius 1 is 1.60 bits per heavy atom. The van der Waals surface area contributed by atoms with Crippen LogP contribution >= 0.6 is 12.0 Å². The molecule has 1 rings (SSSR count). The van der Waals surface area contributed by atoms with Crippen LogP contribution in [0.2, 0.25) is 0 Å². The lowest BCUT2D eigenvalue weighted by Gasteiger charge is -2.15. The van der Waals surface area contributed by atoms with Crippen LogP contribution in [-0.2, 0) is 18.9 Å². The predicted molar refractivity (Wildman–Crippen MR) is 39.9 cm³/mol. The first-order chi connectivity index (χ1) is 6.90. The van der Waals surface area contributed by atoms with Gasteiger partial charge in [0.25, 0.3) is 0 Å². The Morgan fingerprint density at radius 2 is 2.20 bits per heavy atom. The Kier molecular flexibility index (Phi) is 3.84. The van der Waals surface area contributed by atoms with Crippen molar-refractivity contribution in [3.63, 3.8) is 0 Å². The van der Waals surface area contributed by atoms with E-state index in [1.165, 1.54) is 0 Å². The van der Waals surface area contributed by atoms with E-state index in [0.717, 1.165) is 0 Å². The number of halogens is 2. The highest BCUT2D eigenvalue weighted by molar-refractivity contribution is 7.96. The molecule has 0 radical (unpaired) electrons. The number of hydrogen-bond acceptors (Lipinski definition) is 7. The smallest absolute Gasteiger partial charge is 0.415 e. The average molecular weight is 245 g/mol. The van der Waals surface area contributed by atoms with E-state index in [4.69, 9.17) is 0 Å². The maximum absolute atomic E-state index is 12.7. The van der Waals surface area contributed by atoms with Crippen LogP contribution in [0.25, 0.3) is 0 Å². The van der Waals surface area contributed by atoms with Gasteiger partial charge in [0, 0.05) is 0 Å². The molecule has 0 aromatic heterocycles. The molecule has 0 aromatic carbocycles. The minimum absolute atomic E-state index is 0.402. The maximum atomic E-state index is 12.7. The fourth-order valence-corrected chi connectivity index (χ4v) is 0.903. The van der Waals surface area contributed by atoms with Crippen molar-refractivity contribution in [3.8, 4) is 0 Å². The van der Waals surface area contributed by atoms with Gasteiger partial charge in [-0.25, -0.2) is 4.79 Å². The molecular formula is C6H7F2O6S-. The largest absolute Gasteiger partial charge is 0.691 e. The van der Waals surface area contributed by atoms with Gasteiger partial charge in [0.1, 0.15) is 18.6 Å². The fraction of sp³-hybridized carbons (Fsp3) is 0.833. The lowest BCUT2D eigenvalue weighted by atomic mass is 10.4.